The molecule has 0 aromatic heterocycles. The van der Waals surface area contributed by atoms with Crippen LogP contribution >= 0.6 is 11.6 Å². The van der Waals surface area contributed by atoms with Gasteiger partial charge in [0.25, 0.3) is 0 Å². The zero-order valence-corrected chi connectivity index (χ0v) is 19.1. The number of nitrogens with zero attached hydrogens (tertiary/aromatic N) is 3. The summed E-state index contributed by atoms with van der Waals surface area (Å²) in [5.74, 6) is -3.07. The van der Waals surface area contributed by atoms with Crippen LogP contribution in [0.25, 0.3) is 0 Å². The maximum atomic E-state index is 14.4. The van der Waals surface area contributed by atoms with Crippen molar-refractivity contribution in [2.75, 3.05) is 0 Å². The van der Waals surface area contributed by atoms with E-state index in [-0.39, 0.29) is 10.6 Å². The second-order valence-corrected chi connectivity index (χ2v) is 9.69. The van der Waals surface area contributed by atoms with Gasteiger partial charge < -0.3 is 9.47 Å². The quantitative estimate of drug-likeness (QED) is 0.517. The highest BCUT2D eigenvalue weighted by molar-refractivity contribution is 6.30. The molecule has 1 saturated carbocycles. The molecular formula is C25H26ClFN4O2. The number of hydrogen-bond acceptors (Lipinski definition) is 6. The molecule has 2 bridgehead atoms. The summed E-state index contributed by atoms with van der Waals surface area (Å²) >= 11 is 5.86. The number of hydrogen-bond donors (Lipinski definition) is 1. The maximum absolute atomic E-state index is 14.4. The monoisotopic (exact) mass is 468 g/mol. The van der Waals surface area contributed by atoms with E-state index in [4.69, 9.17) is 26.5 Å². The minimum absolute atomic E-state index is 0.0990. The Morgan fingerprint density at radius 2 is 1.61 bits per heavy atom. The van der Waals surface area contributed by atoms with E-state index in [2.05, 4.69) is 6.07 Å². The molecule has 4 unspecified atom stereocenters. The van der Waals surface area contributed by atoms with Crippen LogP contribution in [0.4, 0.5) is 4.39 Å². The van der Waals surface area contributed by atoms with Gasteiger partial charge in [-0.1, -0.05) is 62.6 Å². The molecule has 1 aromatic carbocycles. The summed E-state index contributed by atoms with van der Waals surface area (Å²) < 4.78 is 26.9. The fourth-order valence-electron chi connectivity index (χ4n) is 5.90. The molecule has 8 heteroatoms. The van der Waals surface area contributed by atoms with Gasteiger partial charge in [-0.15, -0.1) is 0 Å². The Morgan fingerprint density at radius 1 is 0.970 bits per heavy atom. The summed E-state index contributed by atoms with van der Waals surface area (Å²) in [6.07, 6.45) is 7.59. The lowest BCUT2D eigenvalue weighted by Crippen LogP contribution is -2.59. The van der Waals surface area contributed by atoms with Gasteiger partial charge in [-0.05, 0) is 30.5 Å². The number of nitrogens with one attached hydrogen (secondary N) is 1. The second-order valence-electron chi connectivity index (χ2n) is 9.29. The van der Waals surface area contributed by atoms with Crippen LogP contribution < -0.4 is 0 Å². The van der Waals surface area contributed by atoms with Crippen LogP contribution in [-0.2, 0) is 9.47 Å². The van der Waals surface area contributed by atoms with Crippen LogP contribution in [0.1, 0.15) is 75.9 Å². The van der Waals surface area contributed by atoms with Crippen LogP contribution in [0.2, 0.25) is 5.02 Å². The number of ether oxygens (including phenoxy) is 2. The summed E-state index contributed by atoms with van der Waals surface area (Å²) in [5.41, 5.74) is -3.68. The fraction of sp³-hybridized carbons (Fsp3) is 0.600. The molecule has 4 rings (SSSR count). The third kappa shape index (κ3) is 3.40. The lowest BCUT2D eigenvalue weighted by Gasteiger charge is -2.50. The van der Waals surface area contributed by atoms with Crippen molar-refractivity contribution in [3.05, 3.63) is 34.6 Å². The number of halogens is 2. The Balaban J connectivity index is 1.90. The maximum Gasteiger partial charge on any atom is 0.217 e. The fourth-order valence-corrected chi connectivity index (χ4v) is 6.01. The molecule has 4 atom stereocenters. The number of rotatable bonds is 1. The van der Waals surface area contributed by atoms with Crippen molar-refractivity contribution in [1.82, 2.24) is 0 Å². The molecule has 3 aliphatic rings. The molecular weight excluding hydrogens is 443 g/mol. The summed E-state index contributed by atoms with van der Waals surface area (Å²) in [6, 6.07) is 10.2. The van der Waals surface area contributed by atoms with Crippen LogP contribution in [-0.4, -0.2) is 11.7 Å². The molecule has 33 heavy (non-hydrogen) atoms. The third-order valence-corrected chi connectivity index (χ3v) is 7.87. The molecule has 2 aliphatic heterocycles. The van der Waals surface area contributed by atoms with Gasteiger partial charge in [0.05, 0.1) is 29.1 Å². The SMILES string of the molecule is N#CC1(C#N)C(c2ccc(Cl)c(F)c2)OC23CCCCCCCCCCC2C1(C#N)C(=N)O3. The molecule has 0 spiro atoms. The highest BCUT2D eigenvalue weighted by Gasteiger charge is 2.79. The average Bonchev–Trinajstić information content (AvgIpc) is 2.98. The highest BCUT2D eigenvalue weighted by atomic mass is 35.5. The first-order valence-corrected chi connectivity index (χ1v) is 11.9. The first-order chi connectivity index (χ1) is 15.9. The average molecular weight is 469 g/mol. The van der Waals surface area contributed by atoms with E-state index in [1.165, 1.54) is 12.1 Å². The van der Waals surface area contributed by atoms with E-state index in [0.29, 0.717) is 12.8 Å². The highest BCUT2D eigenvalue weighted by Crippen LogP contribution is 2.68. The van der Waals surface area contributed by atoms with E-state index in [1.54, 1.807) is 0 Å². The Labute approximate surface area is 198 Å². The normalized spacial score (nSPS) is 33.7. The lowest BCUT2D eigenvalue weighted by atomic mass is 9.52. The molecule has 1 N–H and O–H groups in total. The Hall–Kier alpha value is -2.66. The minimum Gasteiger partial charge on any atom is -0.447 e. The third-order valence-electron chi connectivity index (χ3n) is 7.56. The zero-order chi connectivity index (χ0) is 23.7. The van der Waals surface area contributed by atoms with Crippen molar-refractivity contribution in [2.45, 2.75) is 76.1 Å². The number of nitriles is 3. The molecule has 6 nitrogen and oxygen atoms in total. The first-order valence-electron chi connectivity index (χ1n) is 11.6. The van der Waals surface area contributed by atoms with Crippen molar-refractivity contribution in [3.8, 4) is 18.2 Å². The van der Waals surface area contributed by atoms with E-state index < -0.39 is 40.4 Å². The van der Waals surface area contributed by atoms with Crippen molar-refractivity contribution in [1.29, 1.82) is 21.2 Å². The van der Waals surface area contributed by atoms with Gasteiger partial charge in [0.15, 0.2) is 5.41 Å². The minimum atomic E-state index is -2.08. The summed E-state index contributed by atoms with van der Waals surface area (Å²) in [7, 11) is 0. The van der Waals surface area contributed by atoms with Gasteiger partial charge in [-0.25, -0.2) is 4.39 Å². The van der Waals surface area contributed by atoms with Crippen LogP contribution in [0, 0.1) is 62.0 Å². The van der Waals surface area contributed by atoms with Crippen molar-refractivity contribution < 1.29 is 13.9 Å². The Kier molecular flexibility index (Phi) is 6.37. The zero-order valence-electron chi connectivity index (χ0n) is 18.4. The molecule has 2 heterocycles. The first kappa shape index (κ1) is 23.5. The molecule has 1 aromatic rings. The van der Waals surface area contributed by atoms with Crippen molar-refractivity contribution in [2.24, 2.45) is 16.7 Å². The molecule has 3 fully saturated rings. The molecule has 1 aliphatic carbocycles. The largest absolute Gasteiger partial charge is 0.447 e. The Morgan fingerprint density at radius 3 is 2.21 bits per heavy atom. The summed E-state index contributed by atoms with van der Waals surface area (Å²) in [5, 5.41) is 39.8. The topological polar surface area (TPSA) is 114 Å². The lowest BCUT2D eigenvalue weighted by molar-refractivity contribution is -0.287. The summed E-state index contributed by atoms with van der Waals surface area (Å²) in [4.78, 5) is 0. The number of benzene rings is 1. The van der Waals surface area contributed by atoms with E-state index in [1.807, 2.05) is 12.1 Å². The van der Waals surface area contributed by atoms with E-state index in [9.17, 15) is 20.2 Å². The van der Waals surface area contributed by atoms with Crippen molar-refractivity contribution >= 4 is 17.5 Å². The standard InChI is InChI=1S/C25H26ClFN4O2/c26-18-11-10-17(13-19(18)27)21-23(14-28,15-29)24(16-30)20-9-7-5-3-1-2-4-6-8-12-25(20,32-21)33-22(24)31/h10-11,13,20-21,31H,1-9,12H2. The Bertz CT molecular complexity index is 1060. The predicted octanol–water partition coefficient (Wildman–Crippen LogP) is 6.33. The van der Waals surface area contributed by atoms with Crippen molar-refractivity contribution in [3.63, 3.8) is 0 Å². The van der Waals surface area contributed by atoms with Crippen LogP contribution in [0.5, 0.6) is 0 Å². The second kappa shape index (κ2) is 8.94. The van der Waals surface area contributed by atoms with Crippen LogP contribution in [0.15, 0.2) is 18.2 Å². The van der Waals surface area contributed by atoms with E-state index >= 15 is 0 Å². The molecule has 0 amide bonds. The van der Waals surface area contributed by atoms with Gasteiger partial charge in [0.1, 0.15) is 11.9 Å². The smallest absolute Gasteiger partial charge is 0.217 e. The van der Waals surface area contributed by atoms with E-state index in [0.717, 1.165) is 57.4 Å². The summed E-state index contributed by atoms with van der Waals surface area (Å²) in [6.45, 7) is 0. The molecule has 2 saturated heterocycles. The van der Waals surface area contributed by atoms with Crippen LogP contribution in [0.3, 0.4) is 0 Å². The predicted molar refractivity (Wildman–Crippen MR) is 118 cm³/mol. The van der Waals surface area contributed by atoms with Gasteiger partial charge in [0, 0.05) is 6.42 Å². The molecule has 0 radical (unpaired) electrons. The molecule has 172 valence electrons. The van der Waals surface area contributed by atoms with Gasteiger partial charge >= 0.3 is 0 Å². The van der Waals surface area contributed by atoms with Gasteiger partial charge in [0.2, 0.25) is 17.1 Å². The van der Waals surface area contributed by atoms with Gasteiger partial charge in [-0.3, -0.25) is 5.41 Å². The van der Waals surface area contributed by atoms with Gasteiger partial charge in [-0.2, -0.15) is 15.8 Å².